The van der Waals surface area contributed by atoms with Crippen molar-refractivity contribution in [1.29, 1.82) is 0 Å². The zero-order valence-corrected chi connectivity index (χ0v) is 12.2. The van der Waals surface area contributed by atoms with Crippen LogP contribution < -0.4 is 4.90 Å². The molecule has 1 aliphatic heterocycles. The number of benzene rings is 1. The Balaban J connectivity index is 2.35. The molecule has 1 aromatic rings. The van der Waals surface area contributed by atoms with Crippen molar-refractivity contribution in [3.05, 3.63) is 33.9 Å². The van der Waals surface area contributed by atoms with E-state index in [0.29, 0.717) is 18.8 Å². The summed E-state index contributed by atoms with van der Waals surface area (Å²) in [5.74, 6) is -0.711. The van der Waals surface area contributed by atoms with Gasteiger partial charge < -0.3 is 14.4 Å². The van der Waals surface area contributed by atoms with Crippen molar-refractivity contribution in [2.24, 2.45) is 0 Å². The number of esters is 1. The first kappa shape index (κ1) is 15.2. The second-order valence-corrected chi connectivity index (χ2v) is 5.11. The lowest BCUT2D eigenvalue weighted by Gasteiger charge is -2.36. The molecule has 2 unspecified atom stereocenters. The number of carbonyl (C=O) groups is 1. The van der Waals surface area contributed by atoms with E-state index in [9.17, 15) is 14.9 Å². The second-order valence-electron chi connectivity index (χ2n) is 5.11. The topological polar surface area (TPSA) is 81.9 Å². The lowest BCUT2D eigenvalue weighted by molar-refractivity contribution is -0.385. The highest BCUT2D eigenvalue weighted by Crippen LogP contribution is 2.28. The lowest BCUT2D eigenvalue weighted by Crippen LogP contribution is -2.45. The second kappa shape index (κ2) is 6.09. The largest absolute Gasteiger partial charge is 0.465 e. The number of anilines is 1. The average Bonchev–Trinajstić information content (AvgIpc) is 2.44. The maximum atomic E-state index is 11.6. The fraction of sp³-hybridized carbons (Fsp3) is 0.500. The molecule has 1 aliphatic rings. The molecule has 0 aromatic heterocycles. The first-order valence-electron chi connectivity index (χ1n) is 6.69. The Morgan fingerprint density at radius 1 is 1.38 bits per heavy atom. The Hall–Kier alpha value is -2.15. The van der Waals surface area contributed by atoms with Crippen LogP contribution in [0, 0.1) is 10.1 Å². The summed E-state index contributed by atoms with van der Waals surface area (Å²) in [6.07, 6.45) is 0.0983. The van der Waals surface area contributed by atoms with Crippen molar-refractivity contribution in [2.75, 3.05) is 25.1 Å². The predicted octanol–water partition coefficient (Wildman–Crippen LogP) is 1.99. The number of hydrogen-bond donors (Lipinski definition) is 0. The van der Waals surface area contributed by atoms with Gasteiger partial charge in [0.2, 0.25) is 0 Å². The fourth-order valence-corrected chi connectivity index (χ4v) is 2.54. The molecule has 1 aromatic carbocycles. The molecule has 0 bridgehead atoms. The molecule has 114 valence electrons. The number of morpholine rings is 1. The summed E-state index contributed by atoms with van der Waals surface area (Å²) in [7, 11) is 1.20. The van der Waals surface area contributed by atoms with Gasteiger partial charge in [-0.05, 0) is 26.0 Å². The molecule has 0 saturated carbocycles. The van der Waals surface area contributed by atoms with Gasteiger partial charge in [0.25, 0.3) is 5.69 Å². The van der Waals surface area contributed by atoms with Gasteiger partial charge in [-0.25, -0.2) is 4.79 Å². The molecule has 7 heteroatoms. The molecule has 0 amide bonds. The number of nitro benzene ring substituents is 1. The van der Waals surface area contributed by atoms with Crippen molar-refractivity contribution in [3.8, 4) is 0 Å². The van der Waals surface area contributed by atoms with E-state index in [1.807, 2.05) is 18.7 Å². The highest BCUT2D eigenvalue weighted by Gasteiger charge is 2.26. The quantitative estimate of drug-likeness (QED) is 0.482. The maximum absolute atomic E-state index is 11.6. The minimum atomic E-state index is -0.711. The number of methoxy groups -OCH3 is 1. The number of carbonyl (C=O) groups excluding carboxylic acids is 1. The van der Waals surface area contributed by atoms with Crippen molar-refractivity contribution in [1.82, 2.24) is 0 Å². The van der Waals surface area contributed by atoms with Crippen LogP contribution in [-0.2, 0) is 9.47 Å². The summed E-state index contributed by atoms with van der Waals surface area (Å²) in [6.45, 7) is 5.22. The first-order valence-corrected chi connectivity index (χ1v) is 6.69. The molecule has 0 radical (unpaired) electrons. The molecule has 0 N–H and O–H groups in total. The van der Waals surface area contributed by atoms with Crippen LogP contribution in [0.25, 0.3) is 0 Å². The van der Waals surface area contributed by atoms with Gasteiger partial charge in [-0.3, -0.25) is 10.1 Å². The molecule has 0 spiro atoms. The molecular formula is C14H18N2O5. The van der Waals surface area contributed by atoms with Crippen molar-refractivity contribution in [2.45, 2.75) is 26.1 Å². The standard InChI is InChI=1S/C14H18N2O5/c1-9-7-15(8-10(2)21-9)11-4-5-12(14(17)20-3)13(6-11)16(18)19/h4-6,9-10H,7-8H2,1-3H3. The summed E-state index contributed by atoms with van der Waals surface area (Å²) in [5.41, 5.74) is 0.420. The Labute approximate surface area is 122 Å². The van der Waals surface area contributed by atoms with Crippen LogP contribution in [0.15, 0.2) is 18.2 Å². The van der Waals surface area contributed by atoms with Crippen LogP contribution >= 0.6 is 0 Å². The van der Waals surface area contributed by atoms with E-state index in [1.165, 1.54) is 19.2 Å². The van der Waals surface area contributed by atoms with Crippen LogP contribution in [0.2, 0.25) is 0 Å². The molecule has 2 atom stereocenters. The lowest BCUT2D eigenvalue weighted by atomic mass is 10.1. The SMILES string of the molecule is COC(=O)c1ccc(N2CC(C)OC(C)C2)cc1[N+](=O)[O-]. The minimum Gasteiger partial charge on any atom is -0.465 e. The fourth-order valence-electron chi connectivity index (χ4n) is 2.54. The Morgan fingerprint density at radius 3 is 2.52 bits per heavy atom. The number of ether oxygens (including phenoxy) is 2. The van der Waals surface area contributed by atoms with E-state index in [-0.39, 0.29) is 23.5 Å². The number of nitro groups is 1. The van der Waals surface area contributed by atoms with Crippen LogP contribution in [-0.4, -0.2) is 43.3 Å². The van der Waals surface area contributed by atoms with Gasteiger partial charge in [0.15, 0.2) is 0 Å². The highest BCUT2D eigenvalue weighted by atomic mass is 16.6. The molecule has 0 aliphatic carbocycles. The number of hydrogen-bond acceptors (Lipinski definition) is 6. The normalized spacial score (nSPS) is 22.0. The summed E-state index contributed by atoms with van der Waals surface area (Å²) in [4.78, 5) is 24.2. The van der Waals surface area contributed by atoms with E-state index < -0.39 is 10.9 Å². The van der Waals surface area contributed by atoms with Gasteiger partial charge in [-0.15, -0.1) is 0 Å². The summed E-state index contributed by atoms with van der Waals surface area (Å²) >= 11 is 0. The maximum Gasteiger partial charge on any atom is 0.344 e. The monoisotopic (exact) mass is 294 g/mol. The van der Waals surface area contributed by atoms with Crippen LogP contribution in [0.1, 0.15) is 24.2 Å². The number of nitrogens with zero attached hydrogens (tertiary/aromatic N) is 2. The van der Waals surface area contributed by atoms with Crippen LogP contribution in [0.4, 0.5) is 11.4 Å². The molecule has 1 heterocycles. The van der Waals surface area contributed by atoms with Gasteiger partial charge in [-0.1, -0.05) is 0 Å². The summed E-state index contributed by atoms with van der Waals surface area (Å²) in [6, 6.07) is 4.55. The van der Waals surface area contributed by atoms with Crippen molar-refractivity contribution in [3.63, 3.8) is 0 Å². The van der Waals surface area contributed by atoms with E-state index in [4.69, 9.17) is 4.74 Å². The van der Waals surface area contributed by atoms with Gasteiger partial charge in [0.05, 0.1) is 24.2 Å². The number of rotatable bonds is 3. The van der Waals surface area contributed by atoms with E-state index in [2.05, 4.69) is 4.74 Å². The van der Waals surface area contributed by atoms with Gasteiger partial charge >= 0.3 is 5.97 Å². The third-order valence-corrected chi connectivity index (χ3v) is 3.37. The minimum absolute atomic E-state index is 0.0411. The Bertz CT molecular complexity index is 550. The smallest absolute Gasteiger partial charge is 0.344 e. The van der Waals surface area contributed by atoms with Crippen molar-refractivity contribution < 1.29 is 19.2 Å². The first-order chi connectivity index (χ1) is 9.92. The molecule has 1 fully saturated rings. The third-order valence-electron chi connectivity index (χ3n) is 3.37. The van der Waals surface area contributed by atoms with Gasteiger partial charge in [-0.2, -0.15) is 0 Å². The van der Waals surface area contributed by atoms with E-state index >= 15 is 0 Å². The van der Waals surface area contributed by atoms with Crippen LogP contribution in [0.3, 0.4) is 0 Å². The molecule has 7 nitrogen and oxygen atoms in total. The van der Waals surface area contributed by atoms with E-state index in [0.717, 1.165) is 0 Å². The Morgan fingerprint density at radius 2 is 2.00 bits per heavy atom. The third kappa shape index (κ3) is 3.30. The molecule has 2 rings (SSSR count). The Kier molecular flexibility index (Phi) is 4.42. The molecular weight excluding hydrogens is 276 g/mol. The van der Waals surface area contributed by atoms with Gasteiger partial charge in [0.1, 0.15) is 5.56 Å². The molecule has 1 saturated heterocycles. The summed E-state index contributed by atoms with van der Waals surface area (Å²) < 4.78 is 10.2. The van der Waals surface area contributed by atoms with Gasteiger partial charge in [0, 0.05) is 24.8 Å². The van der Waals surface area contributed by atoms with E-state index in [1.54, 1.807) is 6.07 Å². The average molecular weight is 294 g/mol. The van der Waals surface area contributed by atoms with Crippen LogP contribution in [0.5, 0.6) is 0 Å². The van der Waals surface area contributed by atoms with Crippen molar-refractivity contribution >= 4 is 17.3 Å². The predicted molar refractivity (Wildman–Crippen MR) is 76.7 cm³/mol. The molecule has 21 heavy (non-hydrogen) atoms. The zero-order valence-electron chi connectivity index (χ0n) is 12.2. The zero-order chi connectivity index (χ0) is 15.6. The highest BCUT2D eigenvalue weighted by molar-refractivity contribution is 5.94. The summed E-state index contributed by atoms with van der Waals surface area (Å²) in [5, 5.41) is 11.2.